The van der Waals surface area contributed by atoms with E-state index < -0.39 is 22.0 Å². The summed E-state index contributed by atoms with van der Waals surface area (Å²) in [5, 5.41) is 3.08. The van der Waals surface area contributed by atoms with E-state index in [0.717, 1.165) is 16.7 Å². The SMILES string of the molecule is Cc1ccccc1[C@H](NC(=O)c1ccc(Cl)c(S(=O)(=O)Nc2ccccc2)c1)c1ccccc1. The van der Waals surface area contributed by atoms with Crippen LogP contribution in [-0.4, -0.2) is 14.3 Å². The van der Waals surface area contributed by atoms with Gasteiger partial charge >= 0.3 is 0 Å². The Morgan fingerprint density at radius 3 is 2.12 bits per heavy atom. The molecule has 4 rings (SSSR count). The van der Waals surface area contributed by atoms with Crippen LogP contribution < -0.4 is 10.0 Å². The molecule has 0 aliphatic heterocycles. The highest BCUT2D eigenvalue weighted by atomic mass is 35.5. The summed E-state index contributed by atoms with van der Waals surface area (Å²) in [6.45, 7) is 1.99. The maximum absolute atomic E-state index is 13.3. The van der Waals surface area contributed by atoms with Crippen LogP contribution in [-0.2, 0) is 10.0 Å². The molecular formula is C27H23ClN2O3S. The third-order valence-electron chi connectivity index (χ3n) is 5.42. The minimum atomic E-state index is -4.00. The first-order chi connectivity index (χ1) is 16.3. The lowest BCUT2D eigenvalue weighted by molar-refractivity contribution is 0.0942. The largest absolute Gasteiger partial charge is 0.341 e. The van der Waals surface area contributed by atoms with E-state index in [1.54, 1.807) is 30.3 Å². The molecule has 0 aromatic heterocycles. The van der Waals surface area contributed by atoms with Gasteiger partial charge in [0.25, 0.3) is 15.9 Å². The fourth-order valence-electron chi connectivity index (χ4n) is 3.68. The Morgan fingerprint density at radius 1 is 0.824 bits per heavy atom. The Hall–Kier alpha value is -3.61. The van der Waals surface area contributed by atoms with Crippen molar-refractivity contribution in [1.29, 1.82) is 0 Å². The molecule has 7 heteroatoms. The summed E-state index contributed by atoms with van der Waals surface area (Å²) < 4.78 is 28.5. The van der Waals surface area contributed by atoms with E-state index in [1.807, 2.05) is 61.5 Å². The van der Waals surface area contributed by atoms with Crippen molar-refractivity contribution in [3.8, 4) is 0 Å². The second-order valence-corrected chi connectivity index (χ2v) is 9.85. The number of hydrogen-bond acceptors (Lipinski definition) is 3. The molecule has 4 aromatic carbocycles. The van der Waals surface area contributed by atoms with Gasteiger partial charge in [0.05, 0.1) is 11.1 Å². The third kappa shape index (κ3) is 5.30. The molecule has 172 valence electrons. The van der Waals surface area contributed by atoms with E-state index in [0.29, 0.717) is 5.69 Å². The average Bonchev–Trinajstić information content (AvgIpc) is 2.84. The Bertz CT molecular complexity index is 1410. The van der Waals surface area contributed by atoms with Gasteiger partial charge in [-0.15, -0.1) is 0 Å². The van der Waals surface area contributed by atoms with Crippen LogP contribution in [0, 0.1) is 6.92 Å². The zero-order valence-electron chi connectivity index (χ0n) is 18.4. The van der Waals surface area contributed by atoms with Crippen molar-refractivity contribution in [2.75, 3.05) is 4.72 Å². The van der Waals surface area contributed by atoms with Crippen LogP contribution in [0.25, 0.3) is 0 Å². The molecule has 0 saturated heterocycles. The molecular weight excluding hydrogens is 468 g/mol. The summed E-state index contributed by atoms with van der Waals surface area (Å²) in [6, 6.07) is 29.8. The molecule has 0 spiro atoms. The van der Waals surface area contributed by atoms with Gasteiger partial charge in [0.2, 0.25) is 0 Å². The topological polar surface area (TPSA) is 75.3 Å². The number of hydrogen-bond donors (Lipinski definition) is 2. The molecule has 1 atom stereocenters. The molecule has 2 N–H and O–H groups in total. The van der Waals surface area contributed by atoms with Crippen molar-refractivity contribution >= 4 is 33.2 Å². The Labute approximate surface area is 204 Å². The van der Waals surface area contributed by atoms with Gasteiger partial charge in [-0.3, -0.25) is 9.52 Å². The first kappa shape index (κ1) is 23.5. The van der Waals surface area contributed by atoms with Gasteiger partial charge in [-0.05, 0) is 53.9 Å². The number of carbonyl (C=O) groups excluding carboxylic acids is 1. The highest BCUT2D eigenvalue weighted by Gasteiger charge is 2.23. The first-order valence-electron chi connectivity index (χ1n) is 10.6. The molecule has 0 fully saturated rings. The van der Waals surface area contributed by atoms with Crippen molar-refractivity contribution in [3.05, 3.63) is 130 Å². The van der Waals surface area contributed by atoms with E-state index in [-0.39, 0.29) is 15.5 Å². The van der Waals surface area contributed by atoms with Crippen molar-refractivity contribution in [2.45, 2.75) is 17.9 Å². The van der Waals surface area contributed by atoms with Crippen molar-refractivity contribution in [1.82, 2.24) is 5.32 Å². The predicted octanol–water partition coefficient (Wildman–Crippen LogP) is 5.97. The first-order valence-corrected chi connectivity index (χ1v) is 12.5. The molecule has 0 bridgehead atoms. The minimum absolute atomic E-state index is 0.0264. The number of para-hydroxylation sites is 1. The van der Waals surface area contributed by atoms with Crippen LogP contribution >= 0.6 is 11.6 Å². The Balaban J connectivity index is 1.66. The van der Waals surface area contributed by atoms with Gasteiger partial charge in [-0.25, -0.2) is 8.42 Å². The average molecular weight is 491 g/mol. The van der Waals surface area contributed by atoms with Gasteiger partial charge in [-0.2, -0.15) is 0 Å². The quantitative estimate of drug-likeness (QED) is 0.335. The summed E-state index contributed by atoms with van der Waals surface area (Å²) in [7, 11) is -4.00. The normalized spacial score (nSPS) is 12.1. The van der Waals surface area contributed by atoms with Crippen molar-refractivity contribution in [2.24, 2.45) is 0 Å². The number of anilines is 1. The van der Waals surface area contributed by atoms with Crippen LogP contribution in [0.15, 0.2) is 108 Å². The molecule has 5 nitrogen and oxygen atoms in total. The van der Waals surface area contributed by atoms with Gasteiger partial charge in [0.15, 0.2) is 0 Å². The predicted molar refractivity (Wildman–Crippen MR) is 136 cm³/mol. The molecule has 0 unspecified atom stereocenters. The lowest BCUT2D eigenvalue weighted by Gasteiger charge is -2.22. The fourth-order valence-corrected chi connectivity index (χ4v) is 5.26. The molecule has 0 saturated carbocycles. The van der Waals surface area contributed by atoms with E-state index in [4.69, 9.17) is 11.6 Å². The minimum Gasteiger partial charge on any atom is -0.341 e. The Kier molecular flexibility index (Phi) is 7.01. The summed E-state index contributed by atoms with van der Waals surface area (Å²) in [5.74, 6) is -0.412. The van der Waals surface area contributed by atoms with Crippen molar-refractivity contribution in [3.63, 3.8) is 0 Å². The number of nitrogens with one attached hydrogen (secondary N) is 2. The number of benzene rings is 4. The second-order valence-electron chi connectivity index (χ2n) is 7.79. The Morgan fingerprint density at radius 2 is 1.44 bits per heavy atom. The smallest absolute Gasteiger partial charge is 0.263 e. The number of carbonyl (C=O) groups is 1. The monoisotopic (exact) mass is 490 g/mol. The number of aryl methyl sites for hydroxylation is 1. The van der Waals surface area contributed by atoms with Crippen LogP contribution in [0.1, 0.15) is 33.1 Å². The maximum atomic E-state index is 13.3. The molecule has 0 radical (unpaired) electrons. The summed E-state index contributed by atoms with van der Waals surface area (Å²) in [4.78, 5) is 13.1. The molecule has 4 aromatic rings. The molecule has 0 aliphatic rings. The van der Waals surface area contributed by atoms with Gasteiger partial charge in [-0.1, -0.05) is 84.4 Å². The second kappa shape index (κ2) is 10.1. The van der Waals surface area contributed by atoms with Crippen LogP contribution in [0.5, 0.6) is 0 Å². The molecule has 0 aliphatic carbocycles. The fraction of sp³-hybridized carbons (Fsp3) is 0.0741. The highest BCUT2D eigenvalue weighted by molar-refractivity contribution is 7.92. The maximum Gasteiger partial charge on any atom is 0.263 e. The van der Waals surface area contributed by atoms with Gasteiger partial charge in [0, 0.05) is 11.3 Å². The summed E-state index contributed by atoms with van der Waals surface area (Å²) >= 11 is 6.22. The van der Waals surface area contributed by atoms with E-state index in [9.17, 15) is 13.2 Å². The molecule has 0 heterocycles. The zero-order valence-corrected chi connectivity index (χ0v) is 20.0. The highest BCUT2D eigenvalue weighted by Crippen LogP contribution is 2.28. The molecule has 1 amide bonds. The number of halogens is 1. The zero-order chi connectivity index (χ0) is 24.1. The van der Waals surface area contributed by atoms with E-state index in [1.165, 1.54) is 18.2 Å². The number of amides is 1. The lowest BCUT2D eigenvalue weighted by atomic mass is 9.94. The number of rotatable bonds is 7. The van der Waals surface area contributed by atoms with Gasteiger partial charge < -0.3 is 5.32 Å². The van der Waals surface area contributed by atoms with Crippen LogP contribution in [0.4, 0.5) is 5.69 Å². The summed E-state index contributed by atoms with van der Waals surface area (Å²) in [5.41, 5.74) is 3.49. The third-order valence-corrected chi connectivity index (χ3v) is 7.28. The number of sulfonamides is 1. The van der Waals surface area contributed by atoms with E-state index in [2.05, 4.69) is 10.0 Å². The summed E-state index contributed by atoms with van der Waals surface area (Å²) in [6.07, 6.45) is 0. The molecule has 34 heavy (non-hydrogen) atoms. The van der Waals surface area contributed by atoms with Crippen LogP contribution in [0.2, 0.25) is 5.02 Å². The standard InChI is InChI=1S/C27H23ClN2O3S/c1-19-10-8-9-15-23(19)26(20-11-4-2-5-12-20)29-27(31)21-16-17-24(28)25(18-21)34(32,33)30-22-13-6-3-7-14-22/h2-18,26,30H,1H3,(H,29,31)/t26-/m1/s1. The van der Waals surface area contributed by atoms with Gasteiger partial charge in [0.1, 0.15) is 4.90 Å². The van der Waals surface area contributed by atoms with Crippen molar-refractivity contribution < 1.29 is 13.2 Å². The van der Waals surface area contributed by atoms with E-state index >= 15 is 0 Å². The van der Waals surface area contributed by atoms with Crippen LogP contribution in [0.3, 0.4) is 0 Å². The lowest BCUT2D eigenvalue weighted by Crippen LogP contribution is -2.30.